The summed E-state index contributed by atoms with van der Waals surface area (Å²) in [5.74, 6) is 0. The van der Waals surface area contributed by atoms with Crippen LogP contribution in [0.4, 0.5) is 5.69 Å². The first kappa shape index (κ1) is 13.6. The van der Waals surface area contributed by atoms with Crippen LogP contribution in [0.15, 0.2) is 24.3 Å². The van der Waals surface area contributed by atoms with Crippen molar-refractivity contribution in [2.75, 3.05) is 26.3 Å². The van der Waals surface area contributed by atoms with Gasteiger partial charge >= 0.3 is 0 Å². The first-order valence-electron chi connectivity index (χ1n) is 5.76. The topological polar surface area (TPSA) is 64.4 Å². The molecule has 1 aromatic carbocycles. The smallest absolute Gasteiger partial charge is 0.269 e. The Morgan fingerprint density at radius 2 is 2.00 bits per heavy atom. The summed E-state index contributed by atoms with van der Waals surface area (Å²) in [6, 6.07) is 6.58. The Morgan fingerprint density at radius 1 is 1.29 bits per heavy atom. The van der Waals surface area contributed by atoms with Crippen molar-refractivity contribution < 1.29 is 9.66 Å². The highest BCUT2D eigenvalue weighted by atomic mass is 16.6. The summed E-state index contributed by atoms with van der Waals surface area (Å²) in [6.45, 7) is 5.20. The average molecular weight is 238 g/mol. The molecule has 0 bridgehead atoms. The van der Waals surface area contributed by atoms with E-state index in [9.17, 15) is 10.1 Å². The number of likely N-dealkylation sites (N-methyl/N-ethyl adjacent to an activating group) is 1. The Balaban J connectivity index is 2.21. The number of nitrogens with one attached hydrogen (secondary N) is 1. The number of nitrogens with zero attached hydrogens (tertiary/aromatic N) is 1. The Kier molecular flexibility index (Phi) is 6.21. The Morgan fingerprint density at radius 3 is 2.59 bits per heavy atom. The zero-order valence-corrected chi connectivity index (χ0v) is 10.0. The van der Waals surface area contributed by atoms with Crippen LogP contribution in [0.5, 0.6) is 0 Å². The normalized spacial score (nSPS) is 10.4. The summed E-state index contributed by atoms with van der Waals surface area (Å²) in [7, 11) is 0. The predicted octanol–water partition coefficient (Wildman–Crippen LogP) is 1.76. The Bertz CT molecular complexity index is 338. The quantitative estimate of drug-likeness (QED) is 0.426. The fraction of sp³-hybridized carbons (Fsp3) is 0.500. The molecule has 94 valence electrons. The molecule has 0 unspecified atom stereocenters. The summed E-state index contributed by atoms with van der Waals surface area (Å²) in [4.78, 5) is 10.1. The fourth-order valence-electron chi connectivity index (χ4n) is 1.40. The summed E-state index contributed by atoms with van der Waals surface area (Å²) in [6.07, 6.45) is 0.782. The SMILES string of the molecule is CCNCCOCCc1ccc([N+](=O)[O-])cc1. The molecule has 0 radical (unpaired) electrons. The first-order valence-corrected chi connectivity index (χ1v) is 5.76. The van der Waals surface area contributed by atoms with Gasteiger partial charge in [-0.1, -0.05) is 19.1 Å². The average Bonchev–Trinajstić information content (AvgIpc) is 2.34. The highest BCUT2D eigenvalue weighted by Gasteiger charge is 2.03. The minimum atomic E-state index is -0.392. The Hall–Kier alpha value is -1.46. The molecule has 17 heavy (non-hydrogen) atoms. The van der Waals surface area contributed by atoms with E-state index in [-0.39, 0.29) is 5.69 Å². The fourth-order valence-corrected chi connectivity index (χ4v) is 1.40. The van der Waals surface area contributed by atoms with Gasteiger partial charge in [-0.15, -0.1) is 0 Å². The second kappa shape index (κ2) is 7.76. The van der Waals surface area contributed by atoms with Crippen LogP contribution < -0.4 is 5.32 Å². The van der Waals surface area contributed by atoms with Gasteiger partial charge in [0.1, 0.15) is 0 Å². The zero-order valence-electron chi connectivity index (χ0n) is 10.0. The lowest BCUT2D eigenvalue weighted by Crippen LogP contribution is -2.19. The highest BCUT2D eigenvalue weighted by Crippen LogP contribution is 2.12. The molecule has 1 aromatic rings. The van der Waals surface area contributed by atoms with Gasteiger partial charge in [0.15, 0.2) is 0 Å². The van der Waals surface area contributed by atoms with Crippen LogP contribution in [0.3, 0.4) is 0 Å². The summed E-state index contributed by atoms with van der Waals surface area (Å²) in [5.41, 5.74) is 1.18. The maximum atomic E-state index is 10.4. The van der Waals surface area contributed by atoms with Gasteiger partial charge in [-0.05, 0) is 18.5 Å². The van der Waals surface area contributed by atoms with Crippen molar-refractivity contribution in [3.05, 3.63) is 39.9 Å². The van der Waals surface area contributed by atoms with E-state index in [0.717, 1.165) is 25.1 Å². The molecule has 0 amide bonds. The maximum Gasteiger partial charge on any atom is 0.269 e. The molecule has 0 heterocycles. The second-order valence-corrected chi connectivity index (χ2v) is 3.64. The Labute approximate surface area is 101 Å². The molecule has 0 aliphatic heterocycles. The molecule has 0 spiro atoms. The molecule has 0 fully saturated rings. The molecule has 0 saturated carbocycles. The van der Waals surface area contributed by atoms with E-state index in [2.05, 4.69) is 12.2 Å². The third-order valence-corrected chi connectivity index (χ3v) is 2.36. The standard InChI is InChI=1S/C12H18N2O3/c1-2-13-8-10-17-9-7-11-3-5-12(6-4-11)14(15)16/h3-6,13H,2,7-10H2,1H3. The van der Waals surface area contributed by atoms with Crippen LogP contribution in [0, 0.1) is 10.1 Å². The third-order valence-electron chi connectivity index (χ3n) is 2.36. The van der Waals surface area contributed by atoms with Gasteiger partial charge in [-0.25, -0.2) is 0 Å². The van der Waals surface area contributed by atoms with Crippen LogP contribution in [0.25, 0.3) is 0 Å². The number of ether oxygens (including phenoxy) is 1. The summed E-state index contributed by atoms with van der Waals surface area (Å²) < 4.78 is 5.42. The van der Waals surface area contributed by atoms with Gasteiger partial charge in [0, 0.05) is 18.7 Å². The number of nitro benzene ring substituents is 1. The molecule has 5 heteroatoms. The minimum Gasteiger partial charge on any atom is -0.380 e. The number of nitro groups is 1. The zero-order chi connectivity index (χ0) is 12.5. The molecule has 0 atom stereocenters. The molecule has 1 rings (SSSR count). The van der Waals surface area contributed by atoms with Gasteiger partial charge in [0.25, 0.3) is 5.69 Å². The van der Waals surface area contributed by atoms with Crippen molar-refractivity contribution in [2.24, 2.45) is 0 Å². The van der Waals surface area contributed by atoms with Crippen molar-refractivity contribution in [3.8, 4) is 0 Å². The van der Waals surface area contributed by atoms with Crippen molar-refractivity contribution in [3.63, 3.8) is 0 Å². The number of non-ortho nitro benzene ring substituents is 1. The molecule has 0 aromatic heterocycles. The van der Waals surface area contributed by atoms with E-state index in [1.165, 1.54) is 12.1 Å². The predicted molar refractivity (Wildman–Crippen MR) is 66.2 cm³/mol. The number of hydrogen-bond acceptors (Lipinski definition) is 4. The maximum absolute atomic E-state index is 10.4. The molecule has 0 saturated heterocycles. The van der Waals surface area contributed by atoms with Crippen molar-refractivity contribution in [2.45, 2.75) is 13.3 Å². The molecular formula is C12H18N2O3. The van der Waals surface area contributed by atoms with Crippen LogP contribution in [-0.2, 0) is 11.2 Å². The number of hydrogen-bond donors (Lipinski definition) is 1. The van der Waals surface area contributed by atoms with Gasteiger partial charge in [-0.2, -0.15) is 0 Å². The van der Waals surface area contributed by atoms with E-state index >= 15 is 0 Å². The van der Waals surface area contributed by atoms with Gasteiger partial charge < -0.3 is 10.1 Å². The first-order chi connectivity index (χ1) is 8.24. The van der Waals surface area contributed by atoms with E-state index in [1.54, 1.807) is 12.1 Å². The number of rotatable bonds is 8. The van der Waals surface area contributed by atoms with Crippen LogP contribution in [-0.4, -0.2) is 31.2 Å². The van der Waals surface area contributed by atoms with E-state index in [1.807, 2.05) is 0 Å². The lowest BCUT2D eigenvalue weighted by Gasteiger charge is -2.04. The molecular weight excluding hydrogens is 220 g/mol. The summed E-state index contributed by atoms with van der Waals surface area (Å²) in [5, 5.41) is 13.6. The lowest BCUT2D eigenvalue weighted by molar-refractivity contribution is -0.384. The summed E-state index contributed by atoms with van der Waals surface area (Å²) >= 11 is 0. The largest absolute Gasteiger partial charge is 0.380 e. The molecule has 0 aliphatic carbocycles. The van der Waals surface area contributed by atoms with Crippen LogP contribution in [0.1, 0.15) is 12.5 Å². The highest BCUT2D eigenvalue weighted by molar-refractivity contribution is 5.32. The van der Waals surface area contributed by atoms with Crippen molar-refractivity contribution in [1.29, 1.82) is 0 Å². The minimum absolute atomic E-state index is 0.127. The van der Waals surface area contributed by atoms with E-state index in [4.69, 9.17) is 4.74 Å². The van der Waals surface area contributed by atoms with Crippen LogP contribution in [0.2, 0.25) is 0 Å². The molecule has 5 nitrogen and oxygen atoms in total. The van der Waals surface area contributed by atoms with Crippen molar-refractivity contribution >= 4 is 5.69 Å². The second-order valence-electron chi connectivity index (χ2n) is 3.64. The monoisotopic (exact) mass is 238 g/mol. The lowest BCUT2D eigenvalue weighted by atomic mass is 10.1. The third kappa shape index (κ3) is 5.42. The molecule has 0 aliphatic rings. The molecule has 1 N–H and O–H groups in total. The van der Waals surface area contributed by atoms with Gasteiger partial charge in [-0.3, -0.25) is 10.1 Å². The van der Waals surface area contributed by atoms with Crippen LogP contribution >= 0.6 is 0 Å². The van der Waals surface area contributed by atoms with Gasteiger partial charge in [0.2, 0.25) is 0 Å². The number of benzene rings is 1. The van der Waals surface area contributed by atoms with Gasteiger partial charge in [0.05, 0.1) is 18.1 Å². The van der Waals surface area contributed by atoms with E-state index in [0.29, 0.717) is 13.2 Å². The van der Waals surface area contributed by atoms with Crippen molar-refractivity contribution in [1.82, 2.24) is 5.32 Å². The van der Waals surface area contributed by atoms with E-state index < -0.39 is 4.92 Å².